The predicted octanol–water partition coefficient (Wildman–Crippen LogP) is 2.99. The summed E-state index contributed by atoms with van der Waals surface area (Å²) in [5.41, 5.74) is -0.897. The average molecular weight is 280 g/mol. The summed E-state index contributed by atoms with van der Waals surface area (Å²) in [4.78, 5) is -0.575. The minimum atomic E-state index is -4.21. The van der Waals surface area contributed by atoms with Crippen molar-refractivity contribution in [3.8, 4) is 6.07 Å². The highest BCUT2D eigenvalue weighted by Gasteiger charge is 2.25. The van der Waals surface area contributed by atoms with Crippen LogP contribution in [0.25, 0.3) is 0 Å². The summed E-state index contributed by atoms with van der Waals surface area (Å²) in [5, 5.41) is 8.83. The van der Waals surface area contributed by atoms with E-state index in [0.717, 1.165) is 6.07 Å². The molecule has 0 fully saturated rings. The van der Waals surface area contributed by atoms with Gasteiger partial charge < -0.3 is 0 Å². The molecule has 0 bridgehead atoms. The van der Waals surface area contributed by atoms with Gasteiger partial charge in [0.2, 0.25) is 0 Å². The summed E-state index contributed by atoms with van der Waals surface area (Å²) in [7, 11) is 0.881. The Morgan fingerprint density at radius 2 is 2.06 bits per heavy atom. The lowest BCUT2D eigenvalue weighted by molar-refractivity contribution is 0.149. The van der Waals surface area contributed by atoms with Gasteiger partial charge in [0.05, 0.1) is 5.56 Å². The highest BCUT2D eigenvalue weighted by Crippen LogP contribution is 2.32. The molecule has 1 aromatic rings. The first-order valence-corrected chi connectivity index (χ1v) is 6.92. The number of hydrogen-bond donors (Lipinski definition) is 0. The summed E-state index contributed by atoms with van der Waals surface area (Å²) in [5.74, 6) is 0. The predicted molar refractivity (Wildman–Crippen MR) is 58.5 cm³/mol. The molecule has 0 aliphatic carbocycles. The van der Waals surface area contributed by atoms with E-state index in [0.29, 0.717) is 0 Å². The normalized spacial score (nSPS) is 11.5. The molecule has 0 spiro atoms. The fourth-order valence-electron chi connectivity index (χ4n) is 1.52. The van der Waals surface area contributed by atoms with Crippen molar-refractivity contribution in [2.45, 2.75) is 24.7 Å². The Hall–Kier alpha value is -1.19. The molecule has 0 saturated heterocycles. The molecule has 0 atom stereocenters. The molecule has 17 heavy (non-hydrogen) atoms. The van der Waals surface area contributed by atoms with Crippen LogP contribution in [0.5, 0.6) is 0 Å². The standard InChI is InChI=1S/C10H8ClF2NO2S/c1-2-6-3-4-8(17(11,15)16)7(5-14)9(6)10(12)13/h3-4,10H,2H2,1H3. The topological polar surface area (TPSA) is 57.9 Å². The van der Waals surface area contributed by atoms with Gasteiger partial charge in [-0.05, 0) is 18.1 Å². The lowest BCUT2D eigenvalue weighted by atomic mass is 10.00. The Kier molecular flexibility index (Phi) is 4.07. The Morgan fingerprint density at radius 1 is 1.47 bits per heavy atom. The number of alkyl halides is 2. The van der Waals surface area contributed by atoms with Gasteiger partial charge in [0.15, 0.2) is 0 Å². The van der Waals surface area contributed by atoms with Crippen molar-refractivity contribution in [2.75, 3.05) is 0 Å². The molecule has 0 saturated carbocycles. The van der Waals surface area contributed by atoms with Crippen molar-refractivity contribution in [2.24, 2.45) is 0 Å². The van der Waals surface area contributed by atoms with E-state index >= 15 is 0 Å². The van der Waals surface area contributed by atoms with Crippen LogP contribution in [0.3, 0.4) is 0 Å². The lowest BCUT2D eigenvalue weighted by Gasteiger charge is -2.11. The molecule has 7 heteroatoms. The molecule has 0 radical (unpaired) electrons. The molecule has 1 rings (SSSR count). The molecular weight excluding hydrogens is 272 g/mol. The molecular formula is C10H8ClF2NO2S. The zero-order chi connectivity index (χ0) is 13.2. The van der Waals surface area contributed by atoms with Gasteiger partial charge in [-0.25, -0.2) is 17.2 Å². The highest BCUT2D eigenvalue weighted by atomic mass is 35.7. The molecule has 0 heterocycles. The zero-order valence-corrected chi connectivity index (χ0v) is 10.3. The van der Waals surface area contributed by atoms with Gasteiger partial charge >= 0.3 is 0 Å². The maximum atomic E-state index is 12.8. The molecule has 92 valence electrons. The third kappa shape index (κ3) is 2.73. The van der Waals surface area contributed by atoms with Gasteiger partial charge in [-0.15, -0.1) is 0 Å². The largest absolute Gasteiger partial charge is 0.265 e. The van der Waals surface area contributed by atoms with Crippen LogP contribution in [0.4, 0.5) is 8.78 Å². The Labute approximate surface area is 102 Å². The minimum Gasteiger partial charge on any atom is -0.207 e. The number of aryl methyl sites for hydroxylation is 1. The van der Waals surface area contributed by atoms with E-state index in [1.54, 1.807) is 6.92 Å². The average Bonchev–Trinajstić information content (AvgIpc) is 2.25. The molecule has 3 nitrogen and oxygen atoms in total. The van der Waals surface area contributed by atoms with Gasteiger partial charge in [0, 0.05) is 16.2 Å². The van der Waals surface area contributed by atoms with E-state index in [1.165, 1.54) is 12.1 Å². The highest BCUT2D eigenvalue weighted by molar-refractivity contribution is 8.13. The van der Waals surface area contributed by atoms with Crippen LogP contribution in [0.2, 0.25) is 0 Å². The number of hydrogen-bond acceptors (Lipinski definition) is 3. The van der Waals surface area contributed by atoms with E-state index in [-0.39, 0.29) is 12.0 Å². The summed E-state index contributed by atoms with van der Waals surface area (Å²) >= 11 is 0. The fraction of sp³-hybridized carbons (Fsp3) is 0.300. The SMILES string of the molecule is CCc1ccc(S(=O)(=O)Cl)c(C#N)c1C(F)F. The third-order valence-electron chi connectivity index (χ3n) is 2.27. The number of halogens is 3. The van der Waals surface area contributed by atoms with E-state index in [4.69, 9.17) is 15.9 Å². The van der Waals surface area contributed by atoms with Crippen LogP contribution in [0, 0.1) is 11.3 Å². The fourth-order valence-corrected chi connectivity index (χ4v) is 2.53. The monoisotopic (exact) mass is 279 g/mol. The molecule has 1 aromatic carbocycles. The van der Waals surface area contributed by atoms with E-state index in [9.17, 15) is 17.2 Å². The van der Waals surface area contributed by atoms with Crippen molar-refractivity contribution in [1.29, 1.82) is 5.26 Å². The minimum absolute atomic E-state index is 0.237. The number of nitrogens with zero attached hydrogens (tertiary/aromatic N) is 1. The first-order valence-electron chi connectivity index (χ1n) is 4.61. The number of rotatable bonds is 3. The first kappa shape index (κ1) is 13.9. The summed E-state index contributed by atoms with van der Waals surface area (Å²) < 4.78 is 48.0. The van der Waals surface area contributed by atoms with Crippen LogP contribution in [-0.2, 0) is 15.5 Å². The molecule has 0 amide bonds. The van der Waals surface area contributed by atoms with Crippen LogP contribution >= 0.6 is 10.7 Å². The van der Waals surface area contributed by atoms with Gasteiger partial charge in [-0.3, -0.25) is 0 Å². The second-order valence-corrected chi connectivity index (χ2v) is 5.75. The smallest absolute Gasteiger partial charge is 0.207 e. The second kappa shape index (κ2) is 4.98. The molecule has 0 N–H and O–H groups in total. The molecule has 0 aromatic heterocycles. The van der Waals surface area contributed by atoms with Crippen molar-refractivity contribution < 1.29 is 17.2 Å². The number of nitriles is 1. The third-order valence-corrected chi connectivity index (χ3v) is 3.64. The lowest BCUT2D eigenvalue weighted by Crippen LogP contribution is -2.04. The van der Waals surface area contributed by atoms with Gasteiger partial charge in [0.25, 0.3) is 15.5 Å². The quantitative estimate of drug-likeness (QED) is 0.799. The van der Waals surface area contributed by atoms with Crippen LogP contribution < -0.4 is 0 Å². The first-order chi connectivity index (χ1) is 7.82. The van der Waals surface area contributed by atoms with Crippen molar-refractivity contribution in [3.05, 3.63) is 28.8 Å². The summed E-state index contributed by atoms with van der Waals surface area (Å²) in [6, 6.07) is 3.81. The molecule has 0 unspecified atom stereocenters. The van der Waals surface area contributed by atoms with Crippen LogP contribution in [0.1, 0.15) is 30.0 Å². The van der Waals surface area contributed by atoms with Gasteiger partial charge in [-0.2, -0.15) is 5.26 Å². The van der Waals surface area contributed by atoms with E-state index in [1.807, 2.05) is 0 Å². The molecule has 0 aliphatic heterocycles. The Morgan fingerprint density at radius 3 is 2.41 bits per heavy atom. The van der Waals surface area contributed by atoms with E-state index in [2.05, 4.69) is 0 Å². The zero-order valence-electron chi connectivity index (χ0n) is 8.75. The van der Waals surface area contributed by atoms with Gasteiger partial charge in [0.1, 0.15) is 11.0 Å². The van der Waals surface area contributed by atoms with Crippen molar-refractivity contribution in [1.82, 2.24) is 0 Å². The summed E-state index contributed by atoms with van der Waals surface area (Å²) in [6.45, 7) is 1.64. The van der Waals surface area contributed by atoms with Crippen LogP contribution in [0.15, 0.2) is 17.0 Å². The van der Waals surface area contributed by atoms with E-state index < -0.39 is 31.5 Å². The number of benzene rings is 1. The van der Waals surface area contributed by atoms with Gasteiger partial charge in [-0.1, -0.05) is 13.0 Å². The molecule has 0 aliphatic rings. The maximum Gasteiger partial charge on any atom is 0.265 e. The van der Waals surface area contributed by atoms with Crippen LogP contribution in [-0.4, -0.2) is 8.42 Å². The second-order valence-electron chi connectivity index (χ2n) is 3.22. The Bertz CT molecular complexity index is 579. The van der Waals surface area contributed by atoms with Crippen molar-refractivity contribution >= 4 is 19.7 Å². The Balaban J connectivity index is 3.72. The maximum absolute atomic E-state index is 12.8. The summed E-state index contributed by atoms with van der Waals surface area (Å²) in [6.07, 6.45) is -2.64. The van der Waals surface area contributed by atoms with Crippen molar-refractivity contribution in [3.63, 3.8) is 0 Å².